The van der Waals surface area contributed by atoms with Crippen molar-refractivity contribution in [1.82, 2.24) is 4.57 Å². The summed E-state index contributed by atoms with van der Waals surface area (Å²) in [4.78, 5) is 37.5. The van der Waals surface area contributed by atoms with Gasteiger partial charge in [-0.1, -0.05) is 48.5 Å². The van der Waals surface area contributed by atoms with Gasteiger partial charge >= 0.3 is 12.1 Å². The molecule has 4 rings (SSSR count). The first-order chi connectivity index (χ1) is 17.6. The van der Waals surface area contributed by atoms with Crippen molar-refractivity contribution in [3.8, 4) is 11.1 Å². The van der Waals surface area contributed by atoms with E-state index in [1.165, 1.54) is 59.3 Å². The normalized spacial score (nSPS) is 12.1. The van der Waals surface area contributed by atoms with E-state index in [9.17, 15) is 27.6 Å². The molecule has 6 nitrogen and oxygen atoms in total. The minimum Gasteiger partial charge on any atom is -0.478 e. The molecule has 0 saturated carbocycles. The Kier molecular flexibility index (Phi) is 7.24. The van der Waals surface area contributed by atoms with Crippen LogP contribution in [0.15, 0.2) is 102 Å². The third-order valence-electron chi connectivity index (χ3n) is 5.80. The summed E-state index contributed by atoms with van der Waals surface area (Å²) in [5, 5.41) is 11.8. The zero-order valence-electron chi connectivity index (χ0n) is 19.3. The highest BCUT2D eigenvalue weighted by atomic mass is 19.4. The number of carbonyl (C=O) groups excluding carboxylic acids is 1. The molecule has 0 fully saturated rings. The highest BCUT2D eigenvalue weighted by molar-refractivity contribution is 5.95. The molecule has 2 N–H and O–H groups in total. The standard InChI is InChI=1S/C28H21F3N2O4/c29-28(30,31)23-9-5-4-8-22(23)20-14-15-33(25(34)17-20)24(16-18-6-2-1-3-7-18)26(35)32-21-12-10-19(11-13-21)27(36)37/h1-15,17,24H,16H2,(H,32,35)(H,36,37). The number of hydrogen-bond donors (Lipinski definition) is 2. The van der Waals surface area contributed by atoms with Crippen LogP contribution in [0.25, 0.3) is 11.1 Å². The van der Waals surface area contributed by atoms with Crippen LogP contribution in [0.5, 0.6) is 0 Å². The second kappa shape index (κ2) is 10.5. The summed E-state index contributed by atoms with van der Waals surface area (Å²) in [7, 11) is 0. The molecule has 0 aliphatic carbocycles. The van der Waals surface area contributed by atoms with Crippen LogP contribution >= 0.6 is 0 Å². The van der Waals surface area contributed by atoms with Gasteiger partial charge in [-0.2, -0.15) is 13.2 Å². The van der Waals surface area contributed by atoms with Gasteiger partial charge in [0.25, 0.3) is 5.56 Å². The van der Waals surface area contributed by atoms with E-state index >= 15 is 0 Å². The molecule has 0 aliphatic heterocycles. The predicted molar refractivity (Wildman–Crippen MR) is 132 cm³/mol. The van der Waals surface area contributed by atoms with Gasteiger partial charge in [0.2, 0.25) is 5.91 Å². The summed E-state index contributed by atoms with van der Waals surface area (Å²) < 4.78 is 41.7. The second-order valence-corrected chi connectivity index (χ2v) is 8.28. The first-order valence-corrected chi connectivity index (χ1v) is 11.2. The van der Waals surface area contributed by atoms with Gasteiger partial charge in [0, 0.05) is 24.4 Å². The van der Waals surface area contributed by atoms with Crippen LogP contribution in [0.4, 0.5) is 18.9 Å². The smallest absolute Gasteiger partial charge is 0.417 e. The zero-order valence-corrected chi connectivity index (χ0v) is 19.3. The molecule has 0 radical (unpaired) electrons. The maximum Gasteiger partial charge on any atom is 0.417 e. The minimum absolute atomic E-state index is 0.0461. The zero-order chi connectivity index (χ0) is 26.6. The van der Waals surface area contributed by atoms with Gasteiger partial charge < -0.3 is 15.0 Å². The molecule has 37 heavy (non-hydrogen) atoms. The van der Waals surface area contributed by atoms with Crippen LogP contribution < -0.4 is 10.9 Å². The molecule has 1 aromatic heterocycles. The van der Waals surface area contributed by atoms with E-state index < -0.39 is 35.2 Å². The molecular formula is C28H21F3N2O4. The van der Waals surface area contributed by atoms with E-state index in [4.69, 9.17) is 5.11 Å². The quantitative estimate of drug-likeness (QED) is 0.339. The first kappa shape index (κ1) is 25.4. The number of benzene rings is 3. The topological polar surface area (TPSA) is 88.4 Å². The number of nitrogens with zero attached hydrogens (tertiary/aromatic N) is 1. The molecule has 0 aliphatic rings. The van der Waals surface area contributed by atoms with Crippen LogP contribution in [-0.4, -0.2) is 21.6 Å². The molecule has 1 atom stereocenters. The molecular weight excluding hydrogens is 485 g/mol. The number of carbonyl (C=O) groups is 2. The van der Waals surface area contributed by atoms with Crippen molar-refractivity contribution in [3.05, 3.63) is 124 Å². The third-order valence-corrected chi connectivity index (χ3v) is 5.80. The van der Waals surface area contributed by atoms with Crippen molar-refractivity contribution >= 4 is 17.6 Å². The number of amides is 1. The SMILES string of the molecule is O=C(O)c1ccc(NC(=O)C(Cc2ccccc2)n2ccc(-c3ccccc3C(F)(F)F)cc2=O)cc1. The second-order valence-electron chi connectivity index (χ2n) is 8.28. The minimum atomic E-state index is -4.60. The van der Waals surface area contributed by atoms with E-state index in [2.05, 4.69) is 5.32 Å². The molecule has 1 amide bonds. The van der Waals surface area contributed by atoms with Crippen LogP contribution in [0.2, 0.25) is 0 Å². The van der Waals surface area contributed by atoms with Crippen molar-refractivity contribution in [3.63, 3.8) is 0 Å². The summed E-state index contributed by atoms with van der Waals surface area (Å²) >= 11 is 0. The van der Waals surface area contributed by atoms with Crippen molar-refractivity contribution in [2.75, 3.05) is 5.32 Å². The highest BCUT2D eigenvalue weighted by Gasteiger charge is 2.33. The number of anilines is 1. The number of rotatable bonds is 7. The van der Waals surface area contributed by atoms with Crippen LogP contribution in [0.3, 0.4) is 0 Å². The van der Waals surface area contributed by atoms with E-state index in [0.29, 0.717) is 5.69 Å². The Morgan fingerprint density at radius 1 is 0.892 bits per heavy atom. The lowest BCUT2D eigenvalue weighted by Gasteiger charge is -2.21. The number of carboxylic acid groups (broad SMARTS) is 1. The van der Waals surface area contributed by atoms with Gasteiger partial charge in [-0.15, -0.1) is 0 Å². The summed E-state index contributed by atoms with van der Waals surface area (Å²) in [6, 6.07) is 20.9. The molecule has 1 heterocycles. The van der Waals surface area contributed by atoms with E-state index in [0.717, 1.165) is 17.7 Å². The summed E-state index contributed by atoms with van der Waals surface area (Å²) in [6.07, 6.45) is -3.15. The van der Waals surface area contributed by atoms with E-state index in [1.807, 2.05) is 6.07 Å². The maximum atomic E-state index is 13.5. The van der Waals surface area contributed by atoms with Gasteiger partial charge in [0.05, 0.1) is 11.1 Å². The lowest BCUT2D eigenvalue weighted by atomic mass is 9.99. The number of nitrogens with one attached hydrogen (secondary N) is 1. The monoisotopic (exact) mass is 506 g/mol. The number of halogens is 3. The summed E-state index contributed by atoms with van der Waals surface area (Å²) in [5.41, 5.74) is -0.426. The van der Waals surface area contributed by atoms with Crippen molar-refractivity contribution in [2.45, 2.75) is 18.6 Å². The van der Waals surface area contributed by atoms with Gasteiger partial charge in [-0.25, -0.2) is 4.79 Å². The fourth-order valence-corrected chi connectivity index (χ4v) is 3.97. The number of pyridine rings is 1. The van der Waals surface area contributed by atoms with E-state index in [-0.39, 0.29) is 23.1 Å². The first-order valence-electron chi connectivity index (χ1n) is 11.2. The van der Waals surface area contributed by atoms with E-state index in [1.54, 1.807) is 24.3 Å². The molecule has 9 heteroatoms. The number of aromatic nitrogens is 1. The van der Waals surface area contributed by atoms with Crippen molar-refractivity contribution in [1.29, 1.82) is 0 Å². The Balaban J connectivity index is 1.70. The highest BCUT2D eigenvalue weighted by Crippen LogP contribution is 2.36. The largest absolute Gasteiger partial charge is 0.478 e. The Hall–Kier alpha value is -4.66. The van der Waals surface area contributed by atoms with Crippen LogP contribution in [0, 0.1) is 0 Å². The van der Waals surface area contributed by atoms with Crippen LogP contribution in [-0.2, 0) is 17.4 Å². The lowest BCUT2D eigenvalue weighted by Crippen LogP contribution is -2.34. The Labute approximate surface area is 209 Å². The number of aromatic carboxylic acids is 1. The Morgan fingerprint density at radius 2 is 1.54 bits per heavy atom. The van der Waals surface area contributed by atoms with Gasteiger partial charge in [0.15, 0.2) is 0 Å². The predicted octanol–water partition coefficient (Wildman–Crippen LogP) is 5.65. The van der Waals surface area contributed by atoms with Gasteiger partial charge in [-0.3, -0.25) is 9.59 Å². The average Bonchev–Trinajstić information content (AvgIpc) is 2.88. The lowest BCUT2D eigenvalue weighted by molar-refractivity contribution is -0.137. The molecule has 0 saturated heterocycles. The third kappa shape index (κ3) is 5.95. The fourth-order valence-electron chi connectivity index (χ4n) is 3.97. The number of hydrogen-bond acceptors (Lipinski definition) is 3. The Bertz CT molecular complexity index is 1480. The number of carboxylic acids is 1. The maximum absolute atomic E-state index is 13.5. The molecule has 1 unspecified atom stereocenters. The Morgan fingerprint density at radius 3 is 2.16 bits per heavy atom. The average molecular weight is 506 g/mol. The molecule has 0 spiro atoms. The van der Waals surface area contributed by atoms with Crippen molar-refractivity contribution in [2.24, 2.45) is 0 Å². The molecule has 188 valence electrons. The van der Waals surface area contributed by atoms with Crippen LogP contribution in [0.1, 0.15) is 27.5 Å². The molecule has 0 bridgehead atoms. The molecule has 3 aromatic carbocycles. The number of alkyl halides is 3. The van der Waals surface area contributed by atoms with Gasteiger partial charge in [-0.05, 0) is 53.1 Å². The summed E-state index contributed by atoms with van der Waals surface area (Å²) in [6.45, 7) is 0. The molecule has 4 aromatic rings. The van der Waals surface area contributed by atoms with Crippen molar-refractivity contribution < 1.29 is 27.9 Å². The summed E-state index contributed by atoms with van der Waals surface area (Å²) in [5.74, 6) is -1.66. The fraction of sp³-hybridized carbons (Fsp3) is 0.107. The van der Waals surface area contributed by atoms with Gasteiger partial charge in [0.1, 0.15) is 6.04 Å².